The van der Waals surface area contributed by atoms with Crippen molar-refractivity contribution in [3.63, 3.8) is 0 Å². The molecular formula is C23H16Cl2N2O4S. The van der Waals surface area contributed by atoms with E-state index in [0.29, 0.717) is 20.9 Å². The van der Waals surface area contributed by atoms with E-state index in [1.807, 2.05) is 24.3 Å². The molecular weight excluding hydrogens is 471 g/mol. The molecule has 0 aliphatic rings. The molecule has 0 spiro atoms. The van der Waals surface area contributed by atoms with Gasteiger partial charge in [0.15, 0.2) is 11.2 Å². The number of aromatic hydroxyl groups is 1. The van der Waals surface area contributed by atoms with Crippen LogP contribution in [0.1, 0.15) is 17.3 Å². The summed E-state index contributed by atoms with van der Waals surface area (Å²) < 4.78 is 5.25. The maximum atomic E-state index is 12.5. The van der Waals surface area contributed by atoms with Gasteiger partial charge in [0.2, 0.25) is 0 Å². The van der Waals surface area contributed by atoms with Gasteiger partial charge in [-0.25, -0.2) is 9.78 Å². The number of phenolic OH excluding ortho intramolecular Hbond substituents is 1. The van der Waals surface area contributed by atoms with Gasteiger partial charge >= 0.3 is 5.97 Å². The van der Waals surface area contributed by atoms with Gasteiger partial charge < -0.3 is 9.84 Å². The second-order valence-electron chi connectivity index (χ2n) is 6.92. The number of aromatic nitrogens is 1. The van der Waals surface area contributed by atoms with E-state index in [2.05, 4.69) is 10.3 Å². The molecule has 0 aliphatic carbocycles. The minimum atomic E-state index is -1.11. The molecule has 2 N–H and O–H groups in total. The lowest BCUT2D eigenvalue weighted by Crippen LogP contribution is -2.30. The highest BCUT2D eigenvalue weighted by atomic mass is 35.5. The number of anilines is 1. The van der Waals surface area contributed by atoms with Gasteiger partial charge in [0.25, 0.3) is 5.91 Å². The number of rotatable bonds is 5. The molecule has 32 heavy (non-hydrogen) atoms. The number of carbonyl (C=O) groups is 2. The second-order valence-corrected chi connectivity index (χ2v) is 8.59. The first kappa shape index (κ1) is 22.1. The van der Waals surface area contributed by atoms with E-state index < -0.39 is 18.0 Å². The smallest absolute Gasteiger partial charge is 0.342 e. The van der Waals surface area contributed by atoms with Crippen molar-refractivity contribution in [2.24, 2.45) is 0 Å². The van der Waals surface area contributed by atoms with Gasteiger partial charge in [-0.1, -0.05) is 53.5 Å². The Hall–Kier alpha value is -3.13. The zero-order chi connectivity index (χ0) is 22.8. The van der Waals surface area contributed by atoms with Crippen LogP contribution in [0.15, 0.2) is 60.0 Å². The molecule has 1 atom stereocenters. The lowest BCUT2D eigenvalue weighted by molar-refractivity contribution is -0.123. The van der Waals surface area contributed by atoms with Crippen molar-refractivity contribution in [2.75, 3.05) is 5.32 Å². The molecule has 0 fully saturated rings. The molecule has 4 rings (SSSR count). The third kappa shape index (κ3) is 4.70. The minimum absolute atomic E-state index is 0.0144. The number of thiazole rings is 1. The Bertz CT molecular complexity index is 1340. The van der Waals surface area contributed by atoms with E-state index in [1.54, 1.807) is 23.6 Å². The average Bonchev–Trinajstić information content (AvgIpc) is 3.23. The zero-order valence-corrected chi connectivity index (χ0v) is 19.0. The third-order valence-electron chi connectivity index (χ3n) is 4.69. The number of carbonyl (C=O) groups excluding carboxylic acids is 2. The summed E-state index contributed by atoms with van der Waals surface area (Å²) in [6.45, 7) is 1.44. The fourth-order valence-electron chi connectivity index (χ4n) is 3.00. The van der Waals surface area contributed by atoms with Gasteiger partial charge in [-0.05, 0) is 42.0 Å². The van der Waals surface area contributed by atoms with Crippen molar-refractivity contribution >= 4 is 62.3 Å². The number of halogens is 2. The predicted octanol–water partition coefficient (Wildman–Crippen LogP) is 6.16. The topological polar surface area (TPSA) is 88.5 Å². The number of hydrogen-bond donors (Lipinski definition) is 2. The normalized spacial score (nSPS) is 11.8. The molecule has 0 saturated carbocycles. The summed E-state index contributed by atoms with van der Waals surface area (Å²) >= 11 is 13.2. The maximum Gasteiger partial charge on any atom is 0.342 e. The highest BCUT2D eigenvalue weighted by Gasteiger charge is 2.22. The largest absolute Gasteiger partial charge is 0.507 e. The molecule has 0 aliphatic heterocycles. The Morgan fingerprint density at radius 2 is 1.78 bits per heavy atom. The van der Waals surface area contributed by atoms with Crippen LogP contribution in [-0.2, 0) is 9.53 Å². The van der Waals surface area contributed by atoms with Gasteiger partial charge in [-0.15, -0.1) is 11.3 Å². The highest BCUT2D eigenvalue weighted by Crippen LogP contribution is 2.31. The molecule has 1 aromatic heterocycles. The van der Waals surface area contributed by atoms with E-state index in [1.165, 1.54) is 30.4 Å². The van der Waals surface area contributed by atoms with Gasteiger partial charge in [-0.2, -0.15) is 0 Å². The zero-order valence-electron chi connectivity index (χ0n) is 16.6. The van der Waals surface area contributed by atoms with Gasteiger partial charge in [-0.3, -0.25) is 10.1 Å². The fourth-order valence-corrected chi connectivity index (χ4v) is 4.02. The van der Waals surface area contributed by atoms with E-state index in [9.17, 15) is 14.7 Å². The Balaban J connectivity index is 1.43. The van der Waals surface area contributed by atoms with Crippen LogP contribution in [0.4, 0.5) is 5.13 Å². The Kier molecular flexibility index (Phi) is 6.32. The summed E-state index contributed by atoms with van der Waals surface area (Å²) in [4.78, 5) is 29.4. The monoisotopic (exact) mass is 486 g/mol. The lowest BCUT2D eigenvalue weighted by Gasteiger charge is -2.13. The second kappa shape index (κ2) is 9.16. The van der Waals surface area contributed by atoms with Crippen LogP contribution in [0.2, 0.25) is 10.0 Å². The first-order valence-corrected chi connectivity index (χ1v) is 11.1. The van der Waals surface area contributed by atoms with Crippen molar-refractivity contribution in [3.8, 4) is 17.0 Å². The molecule has 0 unspecified atom stereocenters. The van der Waals surface area contributed by atoms with Crippen molar-refractivity contribution < 1.29 is 19.4 Å². The lowest BCUT2D eigenvalue weighted by atomic mass is 10.1. The summed E-state index contributed by atoms with van der Waals surface area (Å²) in [6.07, 6.45) is -1.11. The van der Waals surface area contributed by atoms with Crippen LogP contribution in [-0.4, -0.2) is 28.1 Å². The van der Waals surface area contributed by atoms with Crippen LogP contribution in [0.3, 0.4) is 0 Å². The SMILES string of the molecule is C[C@H](OC(=O)c1cc2ccccc2cc1O)C(=O)Nc1nc(-c2ccc(Cl)c(Cl)c2)cs1. The number of benzene rings is 3. The summed E-state index contributed by atoms with van der Waals surface area (Å²) in [6, 6.07) is 15.4. The molecule has 9 heteroatoms. The number of hydrogen-bond acceptors (Lipinski definition) is 6. The van der Waals surface area contributed by atoms with Crippen LogP contribution in [0, 0.1) is 0 Å². The average molecular weight is 487 g/mol. The molecule has 6 nitrogen and oxygen atoms in total. The quantitative estimate of drug-likeness (QED) is 0.329. The maximum absolute atomic E-state index is 12.5. The van der Waals surface area contributed by atoms with Crippen LogP contribution < -0.4 is 5.32 Å². The van der Waals surface area contributed by atoms with Crippen molar-refractivity contribution in [3.05, 3.63) is 75.6 Å². The summed E-state index contributed by atoms with van der Waals surface area (Å²) in [5.74, 6) is -1.56. The number of ether oxygens (including phenoxy) is 1. The minimum Gasteiger partial charge on any atom is -0.507 e. The summed E-state index contributed by atoms with van der Waals surface area (Å²) in [7, 11) is 0. The third-order valence-corrected chi connectivity index (χ3v) is 6.18. The Morgan fingerprint density at radius 3 is 2.50 bits per heavy atom. The van der Waals surface area contributed by atoms with Crippen molar-refractivity contribution in [1.82, 2.24) is 4.98 Å². The molecule has 162 valence electrons. The van der Waals surface area contributed by atoms with Gasteiger partial charge in [0.05, 0.1) is 15.7 Å². The standard InChI is InChI=1S/C23H16Cl2N2O4S/c1-12(31-22(30)16-8-13-4-2-3-5-14(13)10-20(16)28)21(29)27-23-26-19(11-32-23)15-6-7-17(24)18(25)9-15/h2-12,28H,1H3,(H,26,27,29)/t12-/m0/s1. The fraction of sp³-hybridized carbons (Fsp3) is 0.0870. The van der Waals surface area contributed by atoms with E-state index >= 15 is 0 Å². The van der Waals surface area contributed by atoms with Crippen LogP contribution >= 0.6 is 34.5 Å². The van der Waals surface area contributed by atoms with Gasteiger partial charge in [0, 0.05) is 10.9 Å². The highest BCUT2D eigenvalue weighted by molar-refractivity contribution is 7.14. The molecule has 4 aromatic rings. The molecule has 1 heterocycles. The molecule has 1 amide bonds. The van der Waals surface area contributed by atoms with Crippen molar-refractivity contribution in [2.45, 2.75) is 13.0 Å². The number of amides is 1. The number of nitrogens with zero attached hydrogens (tertiary/aromatic N) is 1. The van der Waals surface area contributed by atoms with E-state index in [4.69, 9.17) is 27.9 Å². The van der Waals surface area contributed by atoms with Crippen LogP contribution in [0.25, 0.3) is 22.0 Å². The summed E-state index contributed by atoms with van der Waals surface area (Å²) in [5, 5.41) is 17.3. The van der Waals surface area contributed by atoms with E-state index in [0.717, 1.165) is 16.3 Å². The number of nitrogens with one attached hydrogen (secondary N) is 1. The first-order chi connectivity index (χ1) is 15.3. The number of phenols is 1. The molecule has 0 saturated heterocycles. The molecule has 3 aromatic carbocycles. The van der Waals surface area contributed by atoms with E-state index in [-0.39, 0.29) is 11.3 Å². The first-order valence-electron chi connectivity index (χ1n) is 9.46. The van der Waals surface area contributed by atoms with Crippen LogP contribution in [0.5, 0.6) is 5.75 Å². The van der Waals surface area contributed by atoms with Gasteiger partial charge in [0.1, 0.15) is 11.3 Å². The Labute approximate surface area is 197 Å². The number of esters is 1. The summed E-state index contributed by atoms with van der Waals surface area (Å²) in [5.41, 5.74) is 1.36. The van der Waals surface area contributed by atoms with Crippen molar-refractivity contribution in [1.29, 1.82) is 0 Å². The predicted molar refractivity (Wildman–Crippen MR) is 127 cm³/mol. The molecule has 0 bridgehead atoms. The Morgan fingerprint density at radius 1 is 1.06 bits per heavy atom. The number of fused-ring (bicyclic) bond motifs is 1. The molecule has 0 radical (unpaired) electrons.